The molecule has 0 aliphatic heterocycles. The van der Waals surface area contributed by atoms with E-state index >= 15 is 0 Å². The zero-order valence-electron chi connectivity index (χ0n) is 20.3. The highest BCUT2D eigenvalue weighted by molar-refractivity contribution is 7.16. The number of ether oxygens (including phenoxy) is 1. The van der Waals surface area contributed by atoms with Gasteiger partial charge in [-0.3, -0.25) is 4.79 Å². The Bertz CT molecular complexity index is 1470. The van der Waals surface area contributed by atoms with Gasteiger partial charge in [-0.1, -0.05) is 41.9 Å². The van der Waals surface area contributed by atoms with Gasteiger partial charge in [0.25, 0.3) is 5.91 Å². The van der Waals surface area contributed by atoms with Gasteiger partial charge in [0.05, 0.1) is 29.5 Å². The Balaban J connectivity index is 1.39. The Labute approximate surface area is 224 Å². The van der Waals surface area contributed by atoms with E-state index in [-0.39, 0.29) is 11.5 Å². The summed E-state index contributed by atoms with van der Waals surface area (Å²) >= 11 is 7.71. The number of rotatable bonds is 7. The van der Waals surface area contributed by atoms with Crippen LogP contribution in [0.5, 0.6) is 0 Å². The molecule has 0 unspecified atom stereocenters. The van der Waals surface area contributed by atoms with Crippen LogP contribution in [0.25, 0.3) is 11.3 Å². The van der Waals surface area contributed by atoms with Crippen molar-refractivity contribution in [3.8, 4) is 11.3 Å². The van der Waals surface area contributed by atoms with E-state index in [2.05, 4.69) is 10.3 Å². The molecule has 2 aromatic carbocycles. The number of halogens is 1. The smallest absolute Gasteiger partial charge is 0.339 e. The van der Waals surface area contributed by atoms with E-state index in [9.17, 15) is 9.59 Å². The third-order valence-corrected chi connectivity index (χ3v) is 7.80. The number of thiophene rings is 1. The number of carbonyl (C=O) groups excluding carboxylic acids is 2. The molecule has 2 heterocycles. The van der Waals surface area contributed by atoms with Crippen molar-refractivity contribution < 1.29 is 18.7 Å². The molecule has 188 valence electrons. The zero-order valence-corrected chi connectivity index (χ0v) is 21.8. The van der Waals surface area contributed by atoms with Crippen LogP contribution in [0, 0.1) is 0 Å². The largest absolute Gasteiger partial charge is 0.465 e. The van der Waals surface area contributed by atoms with Crippen molar-refractivity contribution in [2.45, 2.75) is 32.2 Å². The summed E-state index contributed by atoms with van der Waals surface area (Å²) < 4.78 is 10.8. The van der Waals surface area contributed by atoms with E-state index in [0.717, 1.165) is 36.8 Å². The molecule has 5 rings (SSSR count). The number of hydrogen-bond acceptors (Lipinski definition) is 6. The highest BCUT2D eigenvalue weighted by atomic mass is 35.5. The minimum absolute atomic E-state index is 0.105. The summed E-state index contributed by atoms with van der Waals surface area (Å²) in [5.41, 5.74) is 3.79. The average molecular weight is 533 g/mol. The molecule has 2 aromatic heterocycles. The maximum absolute atomic E-state index is 13.3. The van der Waals surface area contributed by atoms with Gasteiger partial charge in [-0.25, -0.2) is 9.79 Å². The van der Waals surface area contributed by atoms with Crippen LogP contribution in [0.15, 0.2) is 70.1 Å². The minimum Gasteiger partial charge on any atom is -0.465 e. The fraction of sp³-hybridized carbons (Fsp3) is 0.207. The van der Waals surface area contributed by atoms with Gasteiger partial charge in [0.2, 0.25) is 0 Å². The minimum atomic E-state index is -0.514. The third-order valence-electron chi connectivity index (χ3n) is 6.27. The van der Waals surface area contributed by atoms with Crippen molar-refractivity contribution >= 4 is 46.0 Å². The second kappa shape index (κ2) is 11.2. The van der Waals surface area contributed by atoms with Gasteiger partial charge in [0.15, 0.2) is 0 Å². The molecule has 4 aromatic rings. The fourth-order valence-electron chi connectivity index (χ4n) is 4.39. The van der Waals surface area contributed by atoms with Crippen LogP contribution in [0.4, 0.5) is 5.00 Å². The monoisotopic (exact) mass is 532 g/mol. The molecule has 0 spiro atoms. The SMILES string of the molecule is COC(=O)c1cc(-c2ccc(C=Nc3sc4c(c3C(=O)NCc3ccccc3)CCCC4)o2)ccc1Cl. The lowest BCUT2D eigenvalue weighted by Gasteiger charge is -2.12. The first-order chi connectivity index (χ1) is 18.0. The lowest BCUT2D eigenvalue weighted by atomic mass is 9.95. The highest BCUT2D eigenvalue weighted by Crippen LogP contribution is 2.40. The first kappa shape index (κ1) is 25.0. The number of nitrogens with zero attached hydrogens (tertiary/aromatic N) is 1. The molecule has 1 amide bonds. The maximum atomic E-state index is 13.3. The van der Waals surface area contributed by atoms with Gasteiger partial charge in [-0.05, 0) is 67.1 Å². The number of esters is 1. The number of fused-ring (bicyclic) bond motifs is 1. The summed E-state index contributed by atoms with van der Waals surface area (Å²) in [7, 11) is 1.31. The molecule has 37 heavy (non-hydrogen) atoms. The van der Waals surface area contributed by atoms with E-state index in [1.807, 2.05) is 30.3 Å². The van der Waals surface area contributed by atoms with Crippen LogP contribution >= 0.6 is 22.9 Å². The summed E-state index contributed by atoms with van der Waals surface area (Å²) in [6.45, 7) is 0.462. The Hall–Kier alpha value is -3.68. The van der Waals surface area contributed by atoms with Crippen molar-refractivity contribution in [1.29, 1.82) is 0 Å². The van der Waals surface area contributed by atoms with Crippen molar-refractivity contribution in [3.63, 3.8) is 0 Å². The van der Waals surface area contributed by atoms with Gasteiger partial charge < -0.3 is 14.5 Å². The Kier molecular flexibility index (Phi) is 7.53. The topological polar surface area (TPSA) is 80.9 Å². The summed E-state index contributed by atoms with van der Waals surface area (Å²) in [6, 6.07) is 18.5. The number of hydrogen-bond donors (Lipinski definition) is 1. The number of furan rings is 1. The highest BCUT2D eigenvalue weighted by Gasteiger charge is 2.25. The summed E-state index contributed by atoms with van der Waals surface area (Å²) in [4.78, 5) is 31.2. The molecule has 0 fully saturated rings. The second-order valence-electron chi connectivity index (χ2n) is 8.71. The van der Waals surface area contributed by atoms with Gasteiger partial charge in [0, 0.05) is 17.0 Å². The number of nitrogens with one attached hydrogen (secondary N) is 1. The third kappa shape index (κ3) is 5.53. The molecule has 0 saturated heterocycles. The van der Waals surface area contributed by atoms with Gasteiger partial charge in [-0.2, -0.15) is 0 Å². The van der Waals surface area contributed by atoms with Gasteiger partial charge in [0.1, 0.15) is 16.5 Å². The van der Waals surface area contributed by atoms with E-state index in [1.54, 1.807) is 47.9 Å². The lowest BCUT2D eigenvalue weighted by molar-refractivity contribution is 0.0601. The molecule has 0 saturated carbocycles. The Morgan fingerprint density at radius 2 is 1.92 bits per heavy atom. The molecule has 1 N–H and O–H groups in total. The molecule has 0 radical (unpaired) electrons. The quantitative estimate of drug-likeness (QED) is 0.205. The van der Waals surface area contributed by atoms with Gasteiger partial charge >= 0.3 is 5.97 Å². The predicted octanol–water partition coefficient (Wildman–Crippen LogP) is 7.01. The van der Waals surface area contributed by atoms with E-state index in [4.69, 9.17) is 20.8 Å². The van der Waals surface area contributed by atoms with Crippen molar-refractivity contribution in [2.24, 2.45) is 4.99 Å². The van der Waals surface area contributed by atoms with Gasteiger partial charge in [-0.15, -0.1) is 11.3 Å². The molecule has 1 aliphatic rings. The van der Waals surface area contributed by atoms with Crippen molar-refractivity contribution in [3.05, 3.63) is 98.6 Å². The number of aryl methyl sites for hydroxylation is 1. The average Bonchev–Trinajstić information content (AvgIpc) is 3.55. The second-order valence-corrected chi connectivity index (χ2v) is 10.2. The van der Waals surface area contributed by atoms with E-state index < -0.39 is 5.97 Å². The van der Waals surface area contributed by atoms with Crippen molar-refractivity contribution in [1.82, 2.24) is 5.32 Å². The van der Waals surface area contributed by atoms with Crippen LogP contribution < -0.4 is 5.32 Å². The number of carbonyl (C=O) groups is 2. The molecule has 6 nitrogen and oxygen atoms in total. The number of methoxy groups -OCH3 is 1. The molecule has 0 bridgehead atoms. The standard InChI is InChI=1S/C29H25ClN2O4S/c1-35-29(34)22-15-19(11-13-23(22)30)24-14-12-20(36-24)17-32-28-26(21-9-5-6-10-25(21)37-28)27(33)31-16-18-7-3-2-4-8-18/h2-4,7-8,11-15,17H,5-6,9-10,16H2,1H3,(H,31,33). The van der Waals surface area contributed by atoms with Crippen LogP contribution in [0.1, 0.15) is 55.3 Å². The van der Waals surface area contributed by atoms with Crippen LogP contribution in [-0.2, 0) is 24.1 Å². The van der Waals surface area contributed by atoms with E-state index in [1.165, 1.54) is 12.0 Å². The number of benzene rings is 2. The normalized spacial score (nSPS) is 12.9. The molecule has 1 aliphatic carbocycles. The van der Waals surface area contributed by atoms with Crippen LogP contribution in [0.3, 0.4) is 0 Å². The Morgan fingerprint density at radius 3 is 2.73 bits per heavy atom. The molecular formula is C29H25ClN2O4S. The molecular weight excluding hydrogens is 508 g/mol. The lowest BCUT2D eigenvalue weighted by Crippen LogP contribution is -2.24. The maximum Gasteiger partial charge on any atom is 0.339 e. The van der Waals surface area contributed by atoms with E-state index in [0.29, 0.717) is 39.2 Å². The summed E-state index contributed by atoms with van der Waals surface area (Å²) in [5.74, 6) is 0.480. The predicted molar refractivity (Wildman–Crippen MR) is 146 cm³/mol. The molecule has 0 atom stereocenters. The first-order valence-corrected chi connectivity index (χ1v) is 13.2. The first-order valence-electron chi connectivity index (χ1n) is 12.0. The zero-order chi connectivity index (χ0) is 25.8. The fourth-order valence-corrected chi connectivity index (χ4v) is 5.81. The summed E-state index contributed by atoms with van der Waals surface area (Å²) in [5, 5.41) is 4.06. The number of amides is 1. The van der Waals surface area contributed by atoms with Crippen LogP contribution in [0.2, 0.25) is 5.02 Å². The summed E-state index contributed by atoms with van der Waals surface area (Å²) in [6.07, 6.45) is 5.68. The van der Waals surface area contributed by atoms with Crippen molar-refractivity contribution in [2.75, 3.05) is 7.11 Å². The van der Waals surface area contributed by atoms with Crippen LogP contribution in [-0.4, -0.2) is 25.2 Å². The number of aliphatic imine (C=N–C) groups is 1. The molecule has 8 heteroatoms. The Morgan fingerprint density at radius 1 is 1.11 bits per heavy atom.